The average molecular weight is 231 g/mol. The molecule has 2 aromatic rings. The summed E-state index contributed by atoms with van der Waals surface area (Å²) in [5.41, 5.74) is 1.03. The number of rotatable bonds is 1. The molecule has 1 aromatic heterocycles. The van der Waals surface area contributed by atoms with E-state index in [1.807, 2.05) is 0 Å². The second kappa shape index (κ2) is 3.99. The molecule has 0 unspecified atom stereocenters. The highest BCUT2D eigenvalue weighted by Crippen LogP contribution is 2.38. The Hall–Kier alpha value is -1.64. The summed E-state index contributed by atoms with van der Waals surface area (Å²) in [5.74, 6) is 0.177. The van der Waals surface area contributed by atoms with Gasteiger partial charge in [0, 0.05) is 11.3 Å². The van der Waals surface area contributed by atoms with Crippen molar-refractivity contribution in [2.24, 2.45) is 0 Å². The van der Waals surface area contributed by atoms with Crippen molar-refractivity contribution in [2.75, 3.05) is 0 Å². The number of aromatic hydroxyl groups is 1. The minimum atomic E-state index is -0.318. The van der Waals surface area contributed by atoms with Crippen molar-refractivity contribution >= 4 is 10.9 Å². The van der Waals surface area contributed by atoms with Gasteiger partial charge in [-0.25, -0.2) is 9.37 Å². The molecule has 0 aliphatic heterocycles. The van der Waals surface area contributed by atoms with Gasteiger partial charge in [-0.2, -0.15) is 0 Å². The van der Waals surface area contributed by atoms with E-state index < -0.39 is 0 Å². The predicted octanol–water partition coefficient (Wildman–Crippen LogP) is 3.74. The number of halogens is 1. The summed E-state index contributed by atoms with van der Waals surface area (Å²) in [5, 5.41) is 10.6. The van der Waals surface area contributed by atoms with Gasteiger partial charge < -0.3 is 5.11 Å². The van der Waals surface area contributed by atoms with Crippen molar-refractivity contribution in [3.05, 3.63) is 35.8 Å². The lowest BCUT2D eigenvalue weighted by Gasteiger charge is -2.12. The number of pyridine rings is 1. The van der Waals surface area contributed by atoms with E-state index in [-0.39, 0.29) is 11.6 Å². The topological polar surface area (TPSA) is 33.1 Å². The molecular weight excluding hydrogens is 217 g/mol. The van der Waals surface area contributed by atoms with E-state index in [9.17, 15) is 9.50 Å². The van der Waals surface area contributed by atoms with Crippen LogP contribution < -0.4 is 0 Å². The molecule has 0 bridgehead atoms. The quantitative estimate of drug-likeness (QED) is 0.811. The summed E-state index contributed by atoms with van der Waals surface area (Å²) in [6, 6.07) is 6.43. The molecule has 3 heteroatoms. The minimum absolute atomic E-state index is 0.204. The van der Waals surface area contributed by atoms with Gasteiger partial charge in [0.05, 0.1) is 5.69 Å². The average Bonchev–Trinajstić information content (AvgIpc) is 2.82. The van der Waals surface area contributed by atoms with Gasteiger partial charge in [-0.3, -0.25) is 0 Å². The van der Waals surface area contributed by atoms with Crippen LogP contribution in [-0.2, 0) is 0 Å². The van der Waals surface area contributed by atoms with E-state index in [0.717, 1.165) is 12.8 Å². The number of aromatic nitrogens is 1. The summed E-state index contributed by atoms with van der Waals surface area (Å²) in [7, 11) is 0. The summed E-state index contributed by atoms with van der Waals surface area (Å²) < 4.78 is 13.6. The van der Waals surface area contributed by atoms with Gasteiger partial charge in [-0.1, -0.05) is 25.0 Å². The Morgan fingerprint density at radius 3 is 2.76 bits per heavy atom. The summed E-state index contributed by atoms with van der Waals surface area (Å²) >= 11 is 0. The summed E-state index contributed by atoms with van der Waals surface area (Å²) in [4.78, 5) is 4.33. The summed E-state index contributed by atoms with van der Waals surface area (Å²) in [6.45, 7) is 0. The van der Waals surface area contributed by atoms with E-state index in [1.54, 1.807) is 18.2 Å². The van der Waals surface area contributed by atoms with Gasteiger partial charge in [0.25, 0.3) is 0 Å². The number of hydrogen-bond acceptors (Lipinski definition) is 2. The van der Waals surface area contributed by atoms with Crippen molar-refractivity contribution < 1.29 is 9.50 Å². The first-order chi connectivity index (χ1) is 8.25. The predicted molar refractivity (Wildman–Crippen MR) is 64.6 cm³/mol. The first kappa shape index (κ1) is 10.5. The molecule has 0 amide bonds. The number of para-hydroxylation sites is 1. The molecule has 1 heterocycles. The molecule has 1 aromatic carbocycles. The second-order valence-electron chi connectivity index (χ2n) is 4.69. The van der Waals surface area contributed by atoms with Crippen LogP contribution in [0.1, 0.15) is 37.3 Å². The molecule has 88 valence electrons. The SMILES string of the molecule is Oc1cc2cccc(F)c2nc1C1CCCC1. The number of benzene rings is 1. The van der Waals surface area contributed by atoms with Crippen LogP contribution in [0.4, 0.5) is 4.39 Å². The van der Waals surface area contributed by atoms with Crippen molar-refractivity contribution in [2.45, 2.75) is 31.6 Å². The minimum Gasteiger partial charge on any atom is -0.506 e. The lowest BCUT2D eigenvalue weighted by atomic mass is 10.0. The first-order valence-electron chi connectivity index (χ1n) is 6.04. The zero-order valence-corrected chi connectivity index (χ0v) is 9.49. The molecule has 0 radical (unpaired) electrons. The Balaban J connectivity index is 2.18. The molecule has 3 rings (SSSR count). The van der Waals surface area contributed by atoms with Crippen LogP contribution in [0.25, 0.3) is 10.9 Å². The number of hydrogen-bond donors (Lipinski definition) is 1. The summed E-state index contributed by atoms with van der Waals surface area (Å²) in [6.07, 6.45) is 4.42. The fraction of sp³-hybridized carbons (Fsp3) is 0.357. The normalized spacial score (nSPS) is 16.8. The molecule has 1 N–H and O–H groups in total. The molecule has 0 atom stereocenters. The lowest BCUT2D eigenvalue weighted by molar-refractivity contribution is 0.456. The third-order valence-corrected chi connectivity index (χ3v) is 3.55. The Bertz CT molecular complexity index is 561. The standard InChI is InChI=1S/C14H14FNO/c15-11-7-3-6-10-8-12(17)14(16-13(10)11)9-4-1-2-5-9/h3,6-9,17H,1-2,4-5H2. The second-order valence-corrected chi connectivity index (χ2v) is 4.69. The Morgan fingerprint density at radius 2 is 2.00 bits per heavy atom. The van der Waals surface area contributed by atoms with E-state index >= 15 is 0 Å². The fourth-order valence-electron chi connectivity index (χ4n) is 2.67. The molecule has 1 saturated carbocycles. The number of fused-ring (bicyclic) bond motifs is 1. The van der Waals surface area contributed by atoms with E-state index in [4.69, 9.17) is 0 Å². The van der Waals surface area contributed by atoms with Gasteiger partial charge in [0.1, 0.15) is 17.1 Å². The lowest BCUT2D eigenvalue weighted by Crippen LogP contribution is -1.98. The molecule has 0 saturated heterocycles. The molecule has 1 aliphatic rings. The van der Waals surface area contributed by atoms with Crippen LogP contribution in [0.3, 0.4) is 0 Å². The Labute approximate surface area is 99.1 Å². The Kier molecular flexibility index (Phi) is 2.46. The highest BCUT2D eigenvalue weighted by atomic mass is 19.1. The van der Waals surface area contributed by atoms with E-state index in [1.165, 1.54) is 18.9 Å². The Morgan fingerprint density at radius 1 is 1.24 bits per heavy atom. The van der Waals surface area contributed by atoms with Gasteiger partial charge in [-0.15, -0.1) is 0 Å². The highest BCUT2D eigenvalue weighted by molar-refractivity contribution is 5.81. The van der Waals surface area contributed by atoms with Crippen LogP contribution in [0.2, 0.25) is 0 Å². The van der Waals surface area contributed by atoms with E-state index in [2.05, 4.69) is 4.98 Å². The van der Waals surface area contributed by atoms with Crippen LogP contribution in [-0.4, -0.2) is 10.1 Å². The molecule has 17 heavy (non-hydrogen) atoms. The molecule has 1 fully saturated rings. The maximum absolute atomic E-state index is 13.6. The number of nitrogens with zero attached hydrogens (tertiary/aromatic N) is 1. The smallest absolute Gasteiger partial charge is 0.149 e. The van der Waals surface area contributed by atoms with Gasteiger partial charge in [0.15, 0.2) is 0 Å². The van der Waals surface area contributed by atoms with Gasteiger partial charge in [0.2, 0.25) is 0 Å². The van der Waals surface area contributed by atoms with Crippen molar-refractivity contribution in [3.8, 4) is 5.75 Å². The zero-order valence-electron chi connectivity index (χ0n) is 9.49. The maximum atomic E-state index is 13.6. The van der Waals surface area contributed by atoms with Crippen molar-refractivity contribution in [1.82, 2.24) is 4.98 Å². The zero-order chi connectivity index (χ0) is 11.8. The fourth-order valence-corrected chi connectivity index (χ4v) is 2.67. The molecule has 0 spiro atoms. The van der Waals surface area contributed by atoms with Crippen molar-refractivity contribution in [3.63, 3.8) is 0 Å². The largest absolute Gasteiger partial charge is 0.506 e. The van der Waals surface area contributed by atoms with Crippen LogP contribution in [0, 0.1) is 5.82 Å². The highest BCUT2D eigenvalue weighted by Gasteiger charge is 2.22. The monoisotopic (exact) mass is 231 g/mol. The van der Waals surface area contributed by atoms with Crippen LogP contribution in [0.15, 0.2) is 24.3 Å². The van der Waals surface area contributed by atoms with Crippen LogP contribution in [0.5, 0.6) is 5.75 Å². The van der Waals surface area contributed by atoms with E-state index in [0.29, 0.717) is 22.5 Å². The molecule has 2 nitrogen and oxygen atoms in total. The third kappa shape index (κ3) is 1.75. The molecule has 1 aliphatic carbocycles. The van der Waals surface area contributed by atoms with Crippen molar-refractivity contribution in [1.29, 1.82) is 0 Å². The van der Waals surface area contributed by atoms with Crippen LogP contribution >= 0.6 is 0 Å². The van der Waals surface area contributed by atoms with Gasteiger partial charge in [-0.05, 0) is 25.0 Å². The van der Waals surface area contributed by atoms with Gasteiger partial charge >= 0.3 is 0 Å². The maximum Gasteiger partial charge on any atom is 0.149 e. The third-order valence-electron chi connectivity index (χ3n) is 3.55. The molecular formula is C14H14FNO. The first-order valence-corrected chi connectivity index (χ1v) is 6.04.